The molecule has 0 bridgehead atoms. The summed E-state index contributed by atoms with van der Waals surface area (Å²) in [6.07, 6.45) is 2.99. The van der Waals surface area contributed by atoms with Crippen LogP contribution in [0.3, 0.4) is 0 Å². The van der Waals surface area contributed by atoms with E-state index < -0.39 is 11.8 Å². The molecule has 1 aromatic heterocycles. The number of nitrogens with zero attached hydrogens (tertiary/aromatic N) is 1. The summed E-state index contributed by atoms with van der Waals surface area (Å²) in [6.45, 7) is 1.87. The number of halogens is 1. The van der Waals surface area contributed by atoms with Crippen molar-refractivity contribution in [3.05, 3.63) is 64.4 Å². The zero-order valence-corrected chi connectivity index (χ0v) is 13.7. The number of nitrogens with one attached hydrogen (secondary N) is 3. The monoisotopic (exact) mass is 348 g/mol. The maximum atomic E-state index is 12.1. The Morgan fingerprint density at radius 3 is 2.43 bits per heavy atom. The van der Waals surface area contributed by atoms with Gasteiger partial charge in [-0.2, -0.15) is 0 Å². The Morgan fingerprint density at radius 1 is 1.09 bits per heavy atom. The second kappa shape index (κ2) is 7.66. The van der Waals surface area contributed by atoms with Gasteiger partial charge >= 0.3 is 0 Å². The van der Waals surface area contributed by atoms with Crippen LogP contribution in [0.15, 0.2) is 42.7 Å². The molecule has 2 aromatic rings. The minimum absolute atomic E-state index is 0.0472. The molecule has 23 heavy (non-hydrogen) atoms. The van der Waals surface area contributed by atoms with Crippen molar-refractivity contribution in [3.63, 3.8) is 0 Å². The first-order chi connectivity index (χ1) is 11.0. The number of amides is 2. The zero-order valence-electron chi connectivity index (χ0n) is 12.1. The van der Waals surface area contributed by atoms with Crippen molar-refractivity contribution in [2.24, 2.45) is 0 Å². The Bertz CT molecular complexity index is 752. The molecule has 0 aliphatic heterocycles. The Labute approximate surface area is 143 Å². The minimum atomic E-state index is -0.467. The standard InChI is InChI=1S/C15H13ClN4O2S/c1-9-2-3-11(12(16)8-9)14(22)18-15(23)20-19-13(21)10-4-6-17-7-5-10/h2-8H,1H3,(H,19,21)(H2,18,20,22,23). The molecule has 0 unspecified atom stereocenters. The number of aryl methyl sites for hydroxylation is 1. The van der Waals surface area contributed by atoms with E-state index in [1.807, 2.05) is 6.92 Å². The summed E-state index contributed by atoms with van der Waals surface area (Å²) in [5.74, 6) is -0.872. The van der Waals surface area contributed by atoms with Gasteiger partial charge in [0.1, 0.15) is 0 Å². The van der Waals surface area contributed by atoms with Crippen LogP contribution in [-0.4, -0.2) is 21.9 Å². The fourth-order valence-electron chi connectivity index (χ4n) is 1.69. The molecule has 2 rings (SSSR count). The van der Waals surface area contributed by atoms with Gasteiger partial charge < -0.3 is 0 Å². The van der Waals surface area contributed by atoms with Gasteiger partial charge in [-0.3, -0.25) is 30.7 Å². The molecule has 0 radical (unpaired) electrons. The van der Waals surface area contributed by atoms with Crippen molar-refractivity contribution in [2.75, 3.05) is 0 Å². The van der Waals surface area contributed by atoms with Crippen LogP contribution in [-0.2, 0) is 0 Å². The summed E-state index contributed by atoms with van der Waals surface area (Å²) >= 11 is 11.0. The molecule has 2 amide bonds. The number of hydrazine groups is 1. The van der Waals surface area contributed by atoms with Gasteiger partial charge in [-0.25, -0.2) is 0 Å². The summed E-state index contributed by atoms with van der Waals surface area (Å²) in [4.78, 5) is 27.7. The summed E-state index contributed by atoms with van der Waals surface area (Å²) < 4.78 is 0. The third kappa shape index (κ3) is 4.73. The Kier molecular flexibility index (Phi) is 5.61. The second-order valence-corrected chi connectivity index (χ2v) is 5.40. The highest BCUT2D eigenvalue weighted by molar-refractivity contribution is 7.80. The van der Waals surface area contributed by atoms with Gasteiger partial charge in [-0.15, -0.1) is 0 Å². The topological polar surface area (TPSA) is 83.1 Å². The maximum Gasteiger partial charge on any atom is 0.269 e. The molecular weight excluding hydrogens is 336 g/mol. The van der Waals surface area contributed by atoms with Crippen LogP contribution in [0.4, 0.5) is 0 Å². The summed E-state index contributed by atoms with van der Waals surface area (Å²) in [6, 6.07) is 8.14. The number of hydrogen-bond acceptors (Lipinski definition) is 4. The number of pyridine rings is 1. The van der Waals surface area contributed by atoms with Crippen molar-refractivity contribution in [3.8, 4) is 0 Å². The van der Waals surface area contributed by atoms with Crippen LogP contribution in [0.1, 0.15) is 26.3 Å². The van der Waals surface area contributed by atoms with Gasteiger partial charge in [0, 0.05) is 18.0 Å². The smallest absolute Gasteiger partial charge is 0.269 e. The molecule has 0 saturated heterocycles. The lowest BCUT2D eigenvalue weighted by Gasteiger charge is -2.11. The average molecular weight is 349 g/mol. The molecule has 0 atom stereocenters. The minimum Gasteiger partial charge on any atom is -0.298 e. The lowest BCUT2D eigenvalue weighted by Crippen LogP contribution is -2.48. The quantitative estimate of drug-likeness (QED) is 0.571. The van der Waals surface area contributed by atoms with E-state index in [-0.39, 0.29) is 5.11 Å². The van der Waals surface area contributed by atoms with E-state index >= 15 is 0 Å². The Hall–Kier alpha value is -2.51. The van der Waals surface area contributed by atoms with Gasteiger partial charge in [-0.1, -0.05) is 17.7 Å². The van der Waals surface area contributed by atoms with Crippen molar-refractivity contribution in [1.29, 1.82) is 0 Å². The predicted molar refractivity (Wildman–Crippen MR) is 91.1 cm³/mol. The maximum absolute atomic E-state index is 12.1. The number of benzene rings is 1. The lowest BCUT2D eigenvalue weighted by molar-refractivity contribution is 0.0934. The van der Waals surface area contributed by atoms with E-state index in [2.05, 4.69) is 21.2 Å². The van der Waals surface area contributed by atoms with Crippen LogP contribution >= 0.6 is 23.8 Å². The fourth-order valence-corrected chi connectivity index (χ4v) is 2.16. The van der Waals surface area contributed by atoms with Crippen LogP contribution in [0.5, 0.6) is 0 Å². The number of carbonyl (C=O) groups excluding carboxylic acids is 2. The normalized spacial score (nSPS) is 9.83. The zero-order chi connectivity index (χ0) is 16.8. The molecule has 0 fully saturated rings. The van der Waals surface area contributed by atoms with Crippen LogP contribution in [0.25, 0.3) is 0 Å². The molecule has 8 heteroatoms. The SMILES string of the molecule is Cc1ccc(C(=O)NC(=S)NNC(=O)c2ccncc2)c(Cl)c1. The first kappa shape index (κ1) is 16.9. The molecule has 0 spiro atoms. The van der Waals surface area contributed by atoms with Gasteiger partial charge in [0.25, 0.3) is 11.8 Å². The van der Waals surface area contributed by atoms with Crippen molar-refractivity contribution < 1.29 is 9.59 Å². The van der Waals surface area contributed by atoms with E-state index in [1.54, 1.807) is 30.3 Å². The second-order valence-electron chi connectivity index (χ2n) is 4.58. The number of carbonyl (C=O) groups is 2. The van der Waals surface area contributed by atoms with Crippen molar-refractivity contribution >= 4 is 40.7 Å². The van der Waals surface area contributed by atoms with Crippen LogP contribution in [0.2, 0.25) is 5.02 Å². The highest BCUT2D eigenvalue weighted by Gasteiger charge is 2.12. The van der Waals surface area contributed by atoms with Crippen LogP contribution < -0.4 is 16.2 Å². The summed E-state index contributed by atoms with van der Waals surface area (Å²) in [5.41, 5.74) is 6.46. The molecule has 3 N–H and O–H groups in total. The number of thiocarbonyl (C=S) groups is 1. The van der Waals surface area contributed by atoms with Gasteiger partial charge in [0.05, 0.1) is 10.6 Å². The largest absolute Gasteiger partial charge is 0.298 e. The van der Waals surface area contributed by atoms with E-state index in [9.17, 15) is 9.59 Å². The van der Waals surface area contributed by atoms with E-state index in [1.165, 1.54) is 12.4 Å². The molecule has 118 valence electrons. The average Bonchev–Trinajstić information content (AvgIpc) is 2.53. The molecule has 1 aromatic carbocycles. The van der Waals surface area contributed by atoms with E-state index in [4.69, 9.17) is 23.8 Å². The first-order valence-electron chi connectivity index (χ1n) is 6.55. The summed E-state index contributed by atoms with van der Waals surface area (Å²) in [5, 5.41) is 2.71. The molecule has 0 aliphatic carbocycles. The van der Waals surface area contributed by atoms with Crippen molar-refractivity contribution in [2.45, 2.75) is 6.92 Å². The summed E-state index contributed by atoms with van der Waals surface area (Å²) in [7, 11) is 0. The predicted octanol–water partition coefficient (Wildman–Crippen LogP) is 1.99. The molecule has 0 saturated carbocycles. The molecular formula is C15H13ClN4O2S. The number of rotatable bonds is 2. The number of aromatic nitrogens is 1. The van der Waals surface area contributed by atoms with Gasteiger partial charge in [0.15, 0.2) is 5.11 Å². The van der Waals surface area contributed by atoms with Gasteiger partial charge in [0.2, 0.25) is 0 Å². The van der Waals surface area contributed by atoms with Gasteiger partial charge in [-0.05, 0) is 49.0 Å². The van der Waals surface area contributed by atoms with E-state index in [0.29, 0.717) is 16.1 Å². The highest BCUT2D eigenvalue weighted by Crippen LogP contribution is 2.17. The van der Waals surface area contributed by atoms with E-state index in [0.717, 1.165) is 5.56 Å². The van der Waals surface area contributed by atoms with Crippen molar-refractivity contribution in [1.82, 2.24) is 21.2 Å². The molecule has 0 aliphatic rings. The first-order valence-corrected chi connectivity index (χ1v) is 7.34. The molecule has 1 heterocycles. The fraction of sp³-hybridized carbons (Fsp3) is 0.0667. The third-order valence-corrected chi connectivity index (χ3v) is 3.35. The molecule has 6 nitrogen and oxygen atoms in total. The highest BCUT2D eigenvalue weighted by atomic mass is 35.5. The lowest BCUT2D eigenvalue weighted by atomic mass is 10.1. The Morgan fingerprint density at radius 2 is 1.78 bits per heavy atom. The van der Waals surface area contributed by atoms with Crippen LogP contribution in [0, 0.1) is 6.92 Å². The third-order valence-electron chi connectivity index (χ3n) is 2.83. The Balaban J connectivity index is 1.89. The number of hydrogen-bond donors (Lipinski definition) is 3.